The summed E-state index contributed by atoms with van der Waals surface area (Å²) in [6.07, 6.45) is 4.45. The molecule has 8 nitrogen and oxygen atoms in total. The number of hydrogen-bond acceptors (Lipinski definition) is 5. The molecule has 0 radical (unpaired) electrons. The molecule has 146 valence electrons. The third-order valence-electron chi connectivity index (χ3n) is 4.99. The normalized spacial score (nSPS) is 16.5. The van der Waals surface area contributed by atoms with E-state index in [-0.39, 0.29) is 24.1 Å². The Morgan fingerprint density at radius 2 is 2.14 bits per heavy atom. The molecule has 4 rings (SSSR count). The molecule has 0 saturated carbocycles. The zero-order valence-corrected chi connectivity index (χ0v) is 15.8. The van der Waals surface area contributed by atoms with Crippen LogP contribution in [0.3, 0.4) is 0 Å². The van der Waals surface area contributed by atoms with Crippen LogP contribution in [0.4, 0.5) is 0 Å². The molecule has 1 aliphatic rings. The predicted molar refractivity (Wildman–Crippen MR) is 104 cm³/mol. The Labute approximate surface area is 162 Å². The van der Waals surface area contributed by atoms with E-state index < -0.39 is 0 Å². The summed E-state index contributed by atoms with van der Waals surface area (Å²) >= 11 is 0. The van der Waals surface area contributed by atoms with Crippen LogP contribution in [-0.2, 0) is 22.5 Å². The Morgan fingerprint density at radius 3 is 2.86 bits per heavy atom. The van der Waals surface area contributed by atoms with Gasteiger partial charge in [0.25, 0.3) is 5.56 Å². The molecule has 0 unspecified atom stereocenters. The van der Waals surface area contributed by atoms with Gasteiger partial charge in [0.1, 0.15) is 18.4 Å². The largest absolute Gasteiger partial charge is 0.376 e. The number of benzene rings is 1. The second-order valence-electron chi connectivity index (χ2n) is 6.94. The van der Waals surface area contributed by atoms with Crippen LogP contribution in [0.1, 0.15) is 25.3 Å². The standard InChI is InChI=1S/C20H23N5O3/c1-2-14-5-7-15(8-6-14)17-10-18-20(27)24(22-13-25(18)23-17)12-19(26)21-11-16-4-3-9-28-16/h5-8,10,13,16H,2-4,9,11-12H2,1H3,(H,21,26)/t16-/m0/s1. The van der Waals surface area contributed by atoms with Gasteiger partial charge in [0.15, 0.2) is 0 Å². The van der Waals surface area contributed by atoms with Gasteiger partial charge in [0, 0.05) is 18.7 Å². The van der Waals surface area contributed by atoms with Crippen molar-refractivity contribution in [3.8, 4) is 11.3 Å². The highest BCUT2D eigenvalue weighted by Crippen LogP contribution is 2.19. The summed E-state index contributed by atoms with van der Waals surface area (Å²) in [5.41, 5.74) is 2.91. The molecule has 3 heterocycles. The van der Waals surface area contributed by atoms with E-state index in [1.807, 2.05) is 24.3 Å². The molecule has 1 fully saturated rings. The fraction of sp³-hybridized carbons (Fsp3) is 0.400. The third-order valence-corrected chi connectivity index (χ3v) is 4.99. The summed E-state index contributed by atoms with van der Waals surface area (Å²) in [6, 6.07) is 9.81. The van der Waals surface area contributed by atoms with Crippen LogP contribution in [0, 0.1) is 0 Å². The van der Waals surface area contributed by atoms with E-state index in [1.54, 1.807) is 6.07 Å². The van der Waals surface area contributed by atoms with Crippen molar-refractivity contribution < 1.29 is 9.53 Å². The number of carbonyl (C=O) groups is 1. The summed E-state index contributed by atoms with van der Waals surface area (Å²) in [5.74, 6) is -0.260. The van der Waals surface area contributed by atoms with Crippen molar-refractivity contribution in [2.24, 2.45) is 0 Å². The molecule has 3 aromatic rings. The number of nitrogens with one attached hydrogen (secondary N) is 1. The minimum Gasteiger partial charge on any atom is -0.376 e. The quantitative estimate of drug-likeness (QED) is 0.697. The van der Waals surface area contributed by atoms with E-state index in [4.69, 9.17) is 4.74 Å². The fourth-order valence-corrected chi connectivity index (χ4v) is 3.33. The highest BCUT2D eigenvalue weighted by atomic mass is 16.5. The number of nitrogens with zero attached hydrogens (tertiary/aromatic N) is 4. The molecule has 1 N–H and O–H groups in total. The van der Waals surface area contributed by atoms with Gasteiger partial charge in [-0.05, 0) is 30.9 Å². The topological polar surface area (TPSA) is 90.5 Å². The van der Waals surface area contributed by atoms with Gasteiger partial charge in [-0.25, -0.2) is 9.20 Å². The average molecular weight is 381 g/mol. The van der Waals surface area contributed by atoms with Gasteiger partial charge in [-0.2, -0.15) is 10.2 Å². The van der Waals surface area contributed by atoms with Crippen LogP contribution in [-0.4, -0.2) is 44.6 Å². The molecular formula is C20H23N5O3. The summed E-state index contributed by atoms with van der Waals surface area (Å²) in [7, 11) is 0. The van der Waals surface area contributed by atoms with Crippen LogP contribution in [0.5, 0.6) is 0 Å². The molecule has 1 amide bonds. The smallest absolute Gasteiger partial charge is 0.293 e. The first-order valence-corrected chi connectivity index (χ1v) is 9.57. The van der Waals surface area contributed by atoms with Crippen molar-refractivity contribution in [2.75, 3.05) is 13.2 Å². The first-order chi connectivity index (χ1) is 13.6. The number of fused-ring (bicyclic) bond motifs is 1. The molecule has 1 atom stereocenters. The van der Waals surface area contributed by atoms with E-state index in [1.165, 1.54) is 16.4 Å². The Bertz CT molecular complexity index is 1030. The number of rotatable bonds is 6. The molecule has 0 spiro atoms. The number of hydrogen-bond donors (Lipinski definition) is 1. The fourth-order valence-electron chi connectivity index (χ4n) is 3.33. The van der Waals surface area contributed by atoms with Crippen LogP contribution < -0.4 is 10.9 Å². The van der Waals surface area contributed by atoms with Gasteiger partial charge < -0.3 is 10.1 Å². The minimum absolute atomic E-state index is 0.0626. The molecule has 1 aromatic carbocycles. The van der Waals surface area contributed by atoms with Crippen molar-refractivity contribution in [2.45, 2.75) is 38.8 Å². The molecule has 2 aromatic heterocycles. The van der Waals surface area contributed by atoms with Crippen LogP contribution in [0.15, 0.2) is 41.5 Å². The summed E-state index contributed by atoms with van der Waals surface area (Å²) < 4.78 is 8.09. The first kappa shape index (κ1) is 18.4. The van der Waals surface area contributed by atoms with Crippen molar-refractivity contribution in [3.63, 3.8) is 0 Å². The maximum atomic E-state index is 12.7. The number of carbonyl (C=O) groups excluding carboxylic acids is 1. The van der Waals surface area contributed by atoms with E-state index in [2.05, 4.69) is 22.4 Å². The van der Waals surface area contributed by atoms with Gasteiger partial charge in [0.05, 0.1) is 11.8 Å². The molecule has 1 aliphatic heterocycles. The number of aryl methyl sites for hydroxylation is 1. The molecule has 0 bridgehead atoms. The zero-order chi connectivity index (χ0) is 19.5. The Morgan fingerprint density at radius 1 is 1.32 bits per heavy atom. The molecular weight excluding hydrogens is 358 g/mol. The summed E-state index contributed by atoms with van der Waals surface area (Å²) in [4.78, 5) is 24.9. The number of ether oxygens (including phenoxy) is 1. The lowest BCUT2D eigenvalue weighted by Gasteiger charge is -2.11. The highest BCUT2D eigenvalue weighted by Gasteiger charge is 2.17. The minimum atomic E-state index is -0.348. The van der Waals surface area contributed by atoms with E-state index in [0.29, 0.717) is 17.8 Å². The van der Waals surface area contributed by atoms with Crippen molar-refractivity contribution in [1.29, 1.82) is 0 Å². The van der Waals surface area contributed by atoms with E-state index in [0.717, 1.165) is 36.1 Å². The lowest BCUT2D eigenvalue weighted by atomic mass is 10.1. The van der Waals surface area contributed by atoms with Gasteiger partial charge >= 0.3 is 0 Å². The van der Waals surface area contributed by atoms with Crippen LogP contribution in [0.25, 0.3) is 16.8 Å². The maximum Gasteiger partial charge on any atom is 0.293 e. The van der Waals surface area contributed by atoms with Crippen molar-refractivity contribution >= 4 is 11.4 Å². The number of aromatic nitrogens is 4. The monoisotopic (exact) mass is 381 g/mol. The summed E-state index contributed by atoms with van der Waals surface area (Å²) in [6.45, 7) is 3.17. The zero-order valence-electron chi connectivity index (χ0n) is 15.8. The SMILES string of the molecule is CCc1ccc(-c2cc3c(=O)n(CC(=O)NC[C@@H]4CCCO4)ncn3n2)cc1. The Kier molecular flexibility index (Phi) is 5.21. The van der Waals surface area contributed by atoms with Gasteiger partial charge in [-0.3, -0.25) is 9.59 Å². The number of amides is 1. The highest BCUT2D eigenvalue weighted by molar-refractivity contribution is 5.75. The third kappa shape index (κ3) is 3.82. The van der Waals surface area contributed by atoms with Gasteiger partial charge in [0.2, 0.25) is 5.91 Å². The molecule has 8 heteroatoms. The maximum absolute atomic E-state index is 12.7. The Balaban J connectivity index is 1.51. The lowest BCUT2D eigenvalue weighted by molar-refractivity contribution is -0.122. The van der Waals surface area contributed by atoms with Crippen LogP contribution >= 0.6 is 0 Å². The van der Waals surface area contributed by atoms with E-state index >= 15 is 0 Å². The molecule has 1 saturated heterocycles. The van der Waals surface area contributed by atoms with Crippen molar-refractivity contribution in [3.05, 3.63) is 52.6 Å². The molecule has 28 heavy (non-hydrogen) atoms. The average Bonchev–Trinajstić information content (AvgIpc) is 3.39. The van der Waals surface area contributed by atoms with Gasteiger partial charge in [-0.15, -0.1) is 0 Å². The second-order valence-corrected chi connectivity index (χ2v) is 6.94. The Hall–Kier alpha value is -3.00. The second kappa shape index (κ2) is 7.93. The lowest BCUT2D eigenvalue weighted by Crippen LogP contribution is -2.37. The molecule has 0 aliphatic carbocycles. The predicted octanol–water partition coefficient (Wildman–Crippen LogP) is 1.42. The van der Waals surface area contributed by atoms with Gasteiger partial charge in [-0.1, -0.05) is 31.2 Å². The van der Waals surface area contributed by atoms with Crippen LogP contribution in [0.2, 0.25) is 0 Å². The van der Waals surface area contributed by atoms with E-state index in [9.17, 15) is 9.59 Å². The first-order valence-electron chi connectivity index (χ1n) is 9.57. The van der Waals surface area contributed by atoms with Crippen molar-refractivity contribution in [1.82, 2.24) is 24.7 Å². The summed E-state index contributed by atoms with van der Waals surface area (Å²) in [5, 5.41) is 11.3.